The zero-order chi connectivity index (χ0) is 13.1. The molecule has 0 radical (unpaired) electrons. The number of aromatic nitrogens is 3. The molecular formula is C10H15N7O. The Labute approximate surface area is 104 Å². The summed E-state index contributed by atoms with van der Waals surface area (Å²) in [4.78, 5) is 21.4. The molecule has 0 unspecified atom stereocenters. The molecule has 0 aliphatic heterocycles. The summed E-state index contributed by atoms with van der Waals surface area (Å²) in [6.45, 7) is 0.149. The largest absolute Gasteiger partial charge is 0.358 e. The number of hydrogen-bond donors (Lipinski definition) is 3. The van der Waals surface area contributed by atoms with Gasteiger partial charge in [-0.25, -0.2) is 15.8 Å². The number of imidazole rings is 1. The third-order valence-corrected chi connectivity index (χ3v) is 2.43. The van der Waals surface area contributed by atoms with Crippen LogP contribution < -0.4 is 16.6 Å². The van der Waals surface area contributed by atoms with Crippen LogP contribution in [0.5, 0.6) is 0 Å². The molecular weight excluding hydrogens is 234 g/mol. The number of likely N-dealkylation sites (N-methyl/N-ethyl adjacent to an activating group) is 1. The Kier molecular flexibility index (Phi) is 3.28. The predicted octanol–water partition coefficient (Wildman–Crippen LogP) is -0.485. The number of hydrazine groups is 1. The molecule has 96 valence electrons. The second-order valence-corrected chi connectivity index (χ2v) is 3.92. The van der Waals surface area contributed by atoms with Crippen molar-refractivity contribution in [3.63, 3.8) is 0 Å². The fourth-order valence-corrected chi connectivity index (χ4v) is 1.44. The Hall–Kier alpha value is -2.35. The molecule has 0 aliphatic rings. The lowest BCUT2D eigenvalue weighted by Gasteiger charge is -2.12. The minimum Gasteiger partial charge on any atom is -0.358 e. The minimum absolute atomic E-state index is 0.0485. The highest BCUT2D eigenvalue weighted by molar-refractivity contribution is 5.81. The van der Waals surface area contributed by atoms with E-state index in [-0.39, 0.29) is 12.5 Å². The Morgan fingerprint density at radius 3 is 3.00 bits per heavy atom. The van der Waals surface area contributed by atoms with Gasteiger partial charge in [0, 0.05) is 26.5 Å². The van der Waals surface area contributed by atoms with Gasteiger partial charge in [-0.1, -0.05) is 0 Å². The van der Waals surface area contributed by atoms with E-state index in [1.807, 2.05) is 0 Å². The molecule has 1 amide bonds. The Balaban J connectivity index is 2.26. The van der Waals surface area contributed by atoms with Crippen LogP contribution in [0, 0.1) is 0 Å². The number of nitrogens with two attached hydrogens (primary N) is 1. The Morgan fingerprint density at radius 1 is 1.56 bits per heavy atom. The van der Waals surface area contributed by atoms with E-state index in [1.165, 1.54) is 4.90 Å². The van der Waals surface area contributed by atoms with Gasteiger partial charge in [-0.2, -0.15) is 0 Å². The summed E-state index contributed by atoms with van der Waals surface area (Å²) in [6, 6.07) is 0. The van der Waals surface area contributed by atoms with Crippen molar-refractivity contribution in [2.24, 2.45) is 5.84 Å². The van der Waals surface area contributed by atoms with E-state index >= 15 is 0 Å². The Morgan fingerprint density at radius 2 is 2.33 bits per heavy atom. The number of rotatable bonds is 4. The third kappa shape index (κ3) is 2.33. The van der Waals surface area contributed by atoms with Gasteiger partial charge in [-0.3, -0.25) is 4.79 Å². The van der Waals surface area contributed by atoms with Crippen LogP contribution in [-0.4, -0.2) is 45.8 Å². The molecule has 0 fully saturated rings. The Bertz CT molecular complexity index is 562. The summed E-state index contributed by atoms with van der Waals surface area (Å²) in [6.07, 6.45) is 5.13. The van der Waals surface area contributed by atoms with Crippen LogP contribution in [0.2, 0.25) is 0 Å². The van der Waals surface area contributed by atoms with E-state index < -0.39 is 0 Å². The van der Waals surface area contributed by atoms with Crippen LogP contribution in [0.1, 0.15) is 0 Å². The first-order valence-corrected chi connectivity index (χ1v) is 5.36. The lowest BCUT2D eigenvalue weighted by atomic mass is 10.5. The van der Waals surface area contributed by atoms with E-state index in [1.54, 1.807) is 37.1 Å². The molecule has 18 heavy (non-hydrogen) atoms. The van der Waals surface area contributed by atoms with Crippen LogP contribution in [0.25, 0.3) is 5.65 Å². The van der Waals surface area contributed by atoms with Gasteiger partial charge >= 0.3 is 0 Å². The molecule has 0 saturated carbocycles. The van der Waals surface area contributed by atoms with Crippen LogP contribution in [0.3, 0.4) is 0 Å². The molecule has 0 aliphatic carbocycles. The average molecular weight is 249 g/mol. The fraction of sp³-hybridized carbons (Fsp3) is 0.300. The highest BCUT2D eigenvalue weighted by Crippen LogP contribution is 2.15. The van der Waals surface area contributed by atoms with E-state index in [0.717, 1.165) is 0 Å². The first-order chi connectivity index (χ1) is 8.61. The van der Waals surface area contributed by atoms with Crippen molar-refractivity contribution in [3.05, 3.63) is 18.6 Å². The zero-order valence-electron chi connectivity index (χ0n) is 10.2. The predicted molar refractivity (Wildman–Crippen MR) is 68.0 cm³/mol. The van der Waals surface area contributed by atoms with Crippen molar-refractivity contribution in [1.82, 2.24) is 19.3 Å². The lowest BCUT2D eigenvalue weighted by Crippen LogP contribution is -2.29. The quantitative estimate of drug-likeness (QED) is 0.499. The number of anilines is 2. The summed E-state index contributed by atoms with van der Waals surface area (Å²) in [5, 5.41) is 2.95. The molecule has 0 atom stereocenters. The van der Waals surface area contributed by atoms with Gasteiger partial charge in [0.15, 0.2) is 17.3 Å². The first-order valence-electron chi connectivity index (χ1n) is 5.36. The first kappa shape index (κ1) is 12.1. The van der Waals surface area contributed by atoms with Crippen molar-refractivity contribution in [2.75, 3.05) is 31.4 Å². The highest BCUT2D eigenvalue weighted by Gasteiger charge is 2.09. The van der Waals surface area contributed by atoms with Crippen LogP contribution in [0.15, 0.2) is 18.6 Å². The second kappa shape index (κ2) is 4.88. The van der Waals surface area contributed by atoms with Gasteiger partial charge in [0.25, 0.3) is 0 Å². The summed E-state index contributed by atoms with van der Waals surface area (Å²) in [5.74, 6) is 6.28. The average Bonchev–Trinajstić information content (AvgIpc) is 2.83. The molecule has 2 rings (SSSR count). The number of amides is 1. The van der Waals surface area contributed by atoms with Crippen molar-refractivity contribution >= 4 is 23.2 Å². The van der Waals surface area contributed by atoms with Gasteiger partial charge in [-0.15, -0.1) is 0 Å². The van der Waals surface area contributed by atoms with E-state index in [0.29, 0.717) is 17.3 Å². The molecule has 2 heterocycles. The molecule has 2 aromatic heterocycles. The monoisotopic (exact) mass is 249 g/mol. The van der Waals surface area contributed by atoms with E-state index in [4.69, 9.17) is 5.84 Å². The summed E-state index contributed by atoms with van der Waals surface area (Å²) in [5.41, 5.74) is 3.10. The van der Waals surface area contributed by atoms with Gasteiger partial charge in [-0.05, 0) is 0 Å². The van der Waals surface area contributed by atoms with Gasteiger partial charge in [0.05, 0.1) is 12.7 Å². The number of carbonyl (C=O) groups excluding carboxylic acids is 1. The van der Waals surface area contributed by atoms with Crippen LogP contribution >= 0.6 is 0 Å². The second-order valence-electron chi connectivity index (χ2n) is 3.92. The van der Waals surface area contributed by atoms with E-state index in [2.05, 4.69) is 20.7 Å². The summed E-state index contributed by atoms with van der Waals surface area (Å²) < 4.78 is 1.77. The van der Waals surface area contributed by atoms with Crippen LogP contribution in [-0.2, 0) is 4.79 Å². The number of fused-ring (bicyclic) bond motifs is 1. The summed E-state index contributed by atoms with van der Waals surface area (Å²) >= 11 is 0. The maximum atomic E-state index is 11.5. The number of nitrogens with one attached hydrogen (secondary N) is 2. The smallest absolute Gasteiger partial charge is 0.241 e. The van der Waals surface area contributed by atoms with Crippen molar-refractivity contribution < 1.29 is 4.79 Å². The zero-order valence-corrected chi connectivity index (χ0v) is 10.2. The minimum atomic E-state index is -0.0485. The van der Waals surface area contributed by atoms with Crippen molar-refractivity contribution in [2.45, 2.75) is 0 Å². The van der Waals surface area contributed by atoms with E-state index in [9.17, 15) is 4.79 Å². The number of hydrogen-bond acceptors (Lipinski definition) is 6. The number of carbonyl (C=O) groups is 1. The molecule has 8 heteroatoms. The standard InChI is InChI=1S/C10H15N7O/c1-16(2)8(18)5-13-9-10-12-3-4-17(10)6-7(14-9)15-11/h3-4,6,15H,5,11H2,1-2H3,(H,13,14). The molecule has 2 aromatic rings. The molecule has 4 N–H and O–H groups in total. The van der Waals surface area contributed by atoms with Crippen LogP contribution in [0.4, 0.5) is 11.6 Å². The molecule has 0 saturated heterocycles. The SMILES string of the molecule is CN(C)C(=O)CNc1nc(NN)cn2ccnc12. The van der Waals surface area contributed by atoms with Gasteiger partial charge < -0.3 is 20.0 Å². The van der Waals surface area contributed by atoms with Crippen molar-refractivity contribution in [1.29, 1.82) is 0 Å². The molecule has 0 spiro atoms. The molecule has 0 aromatic carbocycles. The fourth-order valence-electron chi connectivity index (χ4n) is 1.44. The number of nitrogens with zero attached hydrogens (tertiary/aromatic N) is 4. The molecule has 0 bridgehead atoms. The maximum absolute atomic E-state index is 11.5. The summed E-state index contributed by atoms with van der Waals surface area (Å²) in [7, 11) is 3.39. The lowest BCUT2D eigenvalue weighted by molar-refractivity contribution is -0.126. The highest BCUT2D eigenvalue weighted by atomic mass is 16.2. The molecule has 8 nitrogen and oxygen atoms in total. The third-order valence-electron chi connectivity index (χ3n) is 2.43. The topological polar surface area (TPSA) is 101 Å². The van der Waals surface area contributed by atoms with Gasteiger partial charge in [0.2, 0.25) is 5.91 Å². The maximum Gasteiger partial charge on any atom is 0.241 e. The number of nitrogen functional groups attached to an aromatic ring is 1. The normalized spacial score (nSPS) is 10.4. The van der Waals surface area contributed by atoms with Gasteiger partial charge in [0.1, 0.15) is 0 Å². The van der Waals surface area contributed by atoms with Crippen molar-refractivity contribution in [3.8, 4) is 0 Å².